The van der Waals surface area contributed by atoms with Gasteiger partial charge in [0, 0.05) is 30.6 Å². The van der Waals surface area contributed by atoms with Crippen LogP contribution >= 0.6 is 11.3 Å². The number of fused-ring (bicyclic) bond motifs is 2. The third-order valence-corrected chi connectivity index (χ3v) is 7.04. The molecular formula is C21H26BrNS. The number of halogens is 1. The fraction of sp³-hybridized carbons (Fsp3) is 0.429. The van der Waals surface area contributed by atoms with Crippen molar-refractivity contribution >= 4 is 16.9 Å². The summed E-state index contributed by atoms with van der Waals surface area (Å²) in [5.41, 5.74) is 2.80. The van der Waals surface area contributed by atoms with Crippen LogP contribution in [0.2, 0.25) is 0 Å². The molecule has 2 fully saturated rings. The molecule has 0 saturated carbocycles. The van der Waals surface area contributed by atoms with Gasteiger partial charge in [-0.25, -0.2) is 0 Å². The molecule has 2 aromatic rings. The molecule has 24 heavy (non-hydrogen) atoms. The average Bonchev–Trinajstić information content (AvgIpc) is 3.09. The Morgan fingerprint density at radius 3 is 2.25 bits per heavy atom. The van der Waals surface area contributed by atoms with Crippen LogP contribution in [0.5, 0.6) is 0 Å². The van der Waals surface area contributed by atoms with E-state index in [0.29, 0.717) is 0 Å². The standard InChI is InChI=1S/C21H26NS.BrH/c1-22(2)18-10-11-19(22)14-16(13-18)15-20(21-9-6-12-23-21)17-7-4-3-5-8-17;/h3-9,12,15-16,18-19H,10-11,13-14H2,1-2H3;1H/q+1;/p-1/b20-15+;. The summed E-state index contributed by atoms with van der Waals surface area (Å²) in [7, 11) is 4.89. The van der Waals surface area contributed by atoms with Crippen molar-refractivity contribution in [3.63, 3.8) is 0 Å². The van der Waals surface area contributed by atoms with Gasteiger partial charge in [-0.1, -0.05) is 42.5 Å². The summed E-state index contributed by atoms with van der Waals surface area (Å²) >= 11 is 1.86. The van der Waals surface area contributed by atoms with Crippen molar-refractivity contribution in [2.24, 2.45) is 5.92 Å². The topological polar surface area (TPSA) is 0 Å². The smallest absolute Gasteiger partial charge is 0.0896 e. The van der Waals surface area contributed by atoms with Gasteiger partial charge in [0.25, 0.3) is 0 Å². The molecule has 1 aromatic carbocycles. The molecule has 3 heterocycles. The summed E-state index contributed by atoms with van der Waals surface area (Å²) in [6.07, 6.45) is 8.13. The third kappa shape index (κ3) is 3.26. The zero-order valence-corrected chi connectivity index (χ0v) is 16.9. The minimum absolute atomic E-state index is 0. The van der Waals surface area contributed by atoms with Crippen molar-refractivity contribution in [1.82, 2.24) is 0 Å². The number of piperidine rings is 1. The van der Waals surface area contributed by atoms with Crippen LogP contribution in [0.4, 0.5) is 0 Å². The van der Waals surface area contributed by atoms with E-state index in [1.807, 2.05) is 11.3 Å². The summed E-state index contributed by atoms with van der Waals surface area (Å²) in [6, 6.07) is 17.1. The van der Waals surface area contributed by atoms with Gasteiger partial charge in [0.1, 0.15) is 0 Å². The zero-order valence-electron chi connectivity index (χ0n) is 14.5. The van der Waals surface area contributed by atoms with Crippen LogP contribution in [0, 0.1) is 5.92 Å². The lowest BCUT2D eigenvalue weighted by Crippen LogP contribution is -3.00. The Bertz CT molecular complexity index is 674. The molecule has 4 rings (SSSR count). The molecule has 128 valence electrons. The number of allylic oxidation sites excluding steroid dienone is 1. The monoisotopic (exact) mass is 403 g/mol. The van der Waals surface area contributed by atoms with E-state index < -0.39 is 0 Å². The van der Waals surface area contributed by atoms with Crippen LogP contribution in [0.1, 0.15) is 36.1 Å². The van der Waals surface area contributed by atoms with Crippen LogP contribution in [-0.4, -0.2) is 30.7 Å². The van der Waals surface area contributed by atoms with Gasteiger partial charge in [-0.05, 0) is 28.5 Å². The van der Waals surface area contributed by atoms with Crippen molar-refractivity contribution in [3.8, 4) is 0 Å². The molecule has 3 heteroatoms. The predicted molar refractivity (Wildman–Crippen MR) is 99.5 cm³/mol. The maximum Gasteiger partial charge on any atom is 0.0896 e. The van der Waals surface area contributed by atoms with Crippen LogP contribution in [-0.2, 0) is 0 Å². The van der Waals surface area contributed by atoms with E-state index in [0.717, 1.165) is 18.0 Å². The van der Waals surface area contributed by atoms with Crippen molar-refractivity contribution in [2.75, 3.05) is 14.1 Å². The van der Waals surface area contributed by atoms with E-state index in [1.54, 1.807) is 0 Å². The second-order valence-electron chi connectivity index (χ2n) is 7.67. The fourth-order valence-electron chi connectivity index (χ4n) is 4.66. The second kappa shape index (κ2) is 7.15. The molecule has 2 aliphatic heterocycles. The molecule has 0 aliphatic carbocycles. The van der Waals surface area contributed by atoms with Crippen LogP contribution < -0.4 is 17.0 Å². The highest BCUT2D eigenvalue weighted by molar-refractivity contribution is 7.11. The first-order chi connectivity index (χ1) is 11.1. The van der Waals surface area contributed by atoms with E-state index in [-0.39, 0.29) is 17.0 Å². The lowest BCUT2D eigenvalue weighted by molar-refractivity contribution is -0.931. The molecule has 2 bridgehead atoms. The maximum atomic E-state index is 2.59. The minimum Gasteiger partial charge on any atom is -1.00 e. The van der Waals surface area contributed by atoms with Gasteiger partial charge in [0.05, 0.1) is 26.2 Å². The Labute approximate surface area is 160 Å². The Balaban J connectivity index is 0.00000169. The van der Waals surface area contributed by atoms with E-state index >= 15 is 0 Å². The number of hydrogen-bond donors (Lipinski definition) is 0. The molecule has 2 atom stereocenters. The van der Waals surface area contributed by atoms with Gasteiger partial charge >= 0.3 is 0 Å². The van der Waals surface area contributed by atoms with Gasteiger partial charge in [-0.3, -0.25) is 0 Å². The number of benzene rings is 1. The summed E-state index contributed by atoms with van der Waals surface area (Å²) < 4.78 is 1.25. The zero-order chi connectivity index (χ0) is 15.9. The van der Waals surface area contributed by atoms with Gasteiger partial charge in [0.2, 0.25) is 0 Å². The molecule has 0 N–H and O–H groups in total. The van der Waals surface area contributed by atoms with Gasteiger partial charge < -0.3 is 21.5 Å². The number of thiophene rings is 1. The van der Waals surface area contributed by atoms with Crippen LogP contribution in [0.15, 0.2) is 53.9 Å². The van der Waals surface area contributed by atoms with Gasteiger partial charge in [0.15, 0.2) is 0 Å². The lowest BCUT2D eigenvalue weighted by atomic mass is 9.86. The molecule has 2 aliphatic rings. The van der Waals surface area contributed by atoms with Crippen LogP contribution in [0.25, 0.3) is 5.57 Å². The van der Waals surface area contributed by atoms with Gasteiger partial charge in [-0.2, -0.15) is 0 Å². The normalized spacial score (nSPS) is 28.4. The largest absolute Gasteiger partial charge is 1.00 e. The van der Waals surface area contributed by atoms with Crippen molar-refractivity contribution in [3.05, 3.63) is 64.4 Å². The molecule has 0 radical (unpaired) electrons. The summed E-state index contributed by atoms with van der Waals surface area (Å²) in [5.74, 6) is 0.732. The minimum atomic E-state index is 0. The van der Waals surface area contributed by atoms with E-state index in [4.69, 9.17) is 0 Å². The SMILES string of the molecule is C[N+]1(C)C2CCC1CC(/C=C(\c1ccccc1)c1cccs1)C2.[Br-]. The Hall–Kier alpha value is -0.900. The molecule has 2 unspecified atom stereocenters. The van der Waals surface area contributed by atoms with Gasteiger partial charge in [-0.15, -0.1) is 11.3 Å². The number of quaternary nitrogens is 1. The highest BCUT2D eigenvalue weighted by Gasteiger charge is 2.48. The highest BCUT2D eigenvalue weighted by atomic mass is 79.9. The van der Waals surface area contributed by atoms with Crippen molar-refractivity contribution < 1.29 is 21.5 Å². The first kappa shape index (κ1) is 17.9. The number of hydrogen-bond acceptors (Lipinski definition) is 1. The second-order valence-corrected chi connectivity index (χ2v) is 8.62. The predicted octanol–water partition coefficient (Wildman–Crippen LogP) is 2.20. The third-order valence-electron chi connectivity index (χ3n) is 6.14. The summed E-state index contributed by atoms with van der Waals surface area (Å²) in [6.45, 7) is 0. The molecular weight excluding hydrogens is 378 g/mol. The number of rotatable bonds is 3. The molecule has 2 saturated heterocycles. The average molecular weight is 404 g/mol. The Morgan fingerprint density at radius 1 is 1.00 bits per heavy atom. The van der Waals surface area contributed by atoms with E-state index in [9.17, 15) is 0 Å². The van der Waals surface area contributed by atoms with Crippen molar-refractivity contribution in [1.29, 1.82) is 0 Å². The lowest BCUT2D eigenvalue weighted by Gasteiger charge is -2.43. The van der Waals surface area contributed by atoms with Crippen molar-refractivity contribution in [2.45, 2.75) is 37.8 Å². The first-order valence-electron chi connectivity index (χ1n) is 8.79. The Kier molecular flexibility index (Phi) is 5.33. The molecule has 0 amide bonds. The maximum absolute atomic E-state index is 2.59. The summed E-state index contributed by atoms with van der Waals surface area (Å²) in [5, 5.41) is 2.19. The summed E-state index contributed by atoms with van der Waals surface area (Å²) in [4.78, 5) is 1.41. The quantitative estimate of drug-likeness (QED) is 0.689. The molecule has 0 spiro atoms. The van der Waals surface area contributed by atoms with E-state index in [1.165, 1.54) is 46.2 Å². The van der Waals surface area contributed by atoms with Crippen LogP contribution in [0.3, 0.4) is 0 Å². The Morgan fingerprint density at radius 2 is 1.67 bits per heavy atom. The number of nitrogens with zero attached hydrogens (tertiary/aromatic N) is 1. The fourth-order valence-corrected chi connectivity index (χ4v) is 5.44. The highest BCUT2D eigenvalue weighted by Crippen LogP contribution is 2.43. The molecule has 1 aromatic heterocycles. The molecule has 1 nitrogen and oxygen atoms in total. The van der Waals surface area contributed by atoms with E-state index in [2.05, 4.69) is 68.0 Å². The first-order valence-corrected chi connectivity index (χ1v) is 9.67.